The van der Waals surface area contributed by atoms with Crippen LogP contribution in [0.3, 0.4) is 0 Å². The van der Waals surface area contributed by atoms with Crippen molar-refractivity contribution in [1.82, 2.24) is 14.8 Å². The highest BCUT2D eigenvalue weighted by Crippen LogP contribution is 2.23. The zero-order chi connectivity index (χ0) is 21.7. The third-order valence-corrected chi connectivity index (χ3v) is 4.75. The summed E-state index contributed by atoms with van der Waals surface area (Å²) in [6, 6.07) is 12.7. The van der Waals surface area contributed by atoms with Crippen LogP contribution in [0.1, 0.15) is 29.3 Å². The highest BCUT2D eigenvalue weighted by molar-refractivity contribution is 7.71. The molecule has 0 aliphatic rings. The standard InChI is InChI=1S/C21H23N5O3S/c1-3-29-15-7-8-17(16(12-15)19(22)28)23-18(27)9-10-26-20(24-25-21(26)30)14-6-4-5-13(2)11-14/h4-8,11-12H,3,9-10H2,1-2H3,(H2,22,28)(H,23,27)(H,25,30). The molecule has 4 N–H and O–H groups in total. The summed E-state index contributed by atoms with van der Waals surface area (Å²) in [4.78, 5) is 24.3. The first-order valence-electron chi connectivity index (χ1n) is 9.47. The second kappa shape index (κ2) is 9.36. The number of carbonyl (C=O) groups is 2. The Kier molecular flexibility index (Phi) is 6.63. The molecule has 1 heterocycles. The Balaban J connectivity index is 1.74. The van der Waals surface area contributed by atoms with Crippen molar-refractivity contribution in [3.05, 3.63) is 58.4 Å². The SMILES string of the molecule is CCOc1ccc(NC(=O)CCn2c(-c3cccc(C)c3)n[nH]c2=S)c(C(N)=O)c1. The van der Waals surface area contributed by atoms with Crippen molar-refractivity contribution in [1.29, 1.82) is 0 Å². The van der Waals surface area contributed by atoms with Crippen molar-refractivity contribution in [2.24, 2.45) is 5.73 Å². The van der Waals surface area contributed by atoms with Crippen molar-refractivity contribution in [2.45, 2.75) is 26.8 Å². The molecular weight excluding hydrogens is 402 g/mol. The topological polar surface area (TPSA) is 115 Å². The van der Waals surface area contributed by atoms with Crippen LogP contribution in [0.5, 0.6) is 5.75 Å². The van der Waals surface area contributed by atoms with Gasteiger partial charge < -0.3 is 15.8 Å². The maximum atomic E-state index is 12.5. The van der Waals surface area contributed by atoms with Crippen molar-refractivity contribution in [3.8, 4) is 17.1 Å². The molecule has 2 aromatic carbocycles. The summed E-state index contributed by atoms with van der Waals surface area (Å²) < 4.78 is 7.59. The molecule has 0 aliphatic heterocycles. The summed E-state index contributed by atoms with van der Waals surface area (Å²) in [5.74, 6) is 0.248. The fourth-order valence-electron chi connectivity index (χ4n) is 3.05. The summed E-state index contributed by atoms with van der Waals surface area (Å²) >= 11 is 5.32. The average molecular weight is 426 g/mol. The molecule has 0 radical (unpaired) electrons. The van der Waals surface area contributed by atoms with E-state index in [2.05, 4.69) is 15.5 Å². The first-order valence-corrected chi connectivity index (χ1v) is 9.88. The predicted molar refractivity (Wildman–Crippen MR) is 117 cm³/mol. The Morgan fingerprint density at radius 2 is 2.07 bits per heavy atom. The highest BCUT2D eigenvalue weighted by atomic mass is 32.1. The summed E-state index contributed by atoms with van der Waals surface area (Å²) in [7, 11) is 0. The van der Waals surface area contributed by atoms with Crippen LogP contribution >= 0.6 is 12.2 Å². The fourth-order valence-corrected chi connectivity index (χ4v) is 3.27. The van der Waals surface area contributed by atoms with Crippen LogP contribution < -0.4 is 15.8 Å². The third kappa shape index (κ3) is 4.93. The molecular formula is C21H23N5O3S. The lowest BCUT2D eigenvalue weighted by atomic mass is 10.1. The monoisotopic (exact) mass is 425 g/mol. The van der Waals surface area contributed by atoms with Gasteiger partial charge in [0.1, 0.15) is 5.75 Å². The molecule has 1 aromatic heterocycles. The smallest absolute Gasteiger partial charge is 0.250 e. The number of amides is 2. The second-order valence-electron chi connectivity index (χ2n) is 6.68. The van der Waals surface area contributed by atoms with E-state index in [1.54, 1.807) is 16.7 Å². The van der Waals surface area contributed by atoms with Gasteiger partial charge in [-0.05, 0) is 50.3 Å². The summed E-state index contributed by atoms with van der Waals surface area (Å²) in [5.41, 5.74) is 7.98. The molecule has 156 valence electrons. The second-order valence-corrected chi connectivity index (χ2v) is 7.06. The Morgan fingerprint density at radius 3 is 2.77 bits per heavy atom. The minimum atomic E-state index is -0.648. The van der Waals surface area contributed by atoms with E-state index in [1.807, 2.05) is 38.1 Å². The summed E-state index contributed by atoms with van der Waals surface area (Å²) in [5, 5.41) is 9.81. The molecule has 0 atom stereocenters. The average Bonchev–Trinajstić information content (AvgIpc) is 3.08. The van der Waals surface area contributed by atoms with Crippen LogP contribution in [-0.2, 0) is 11.3 Å². The number of H-pyrrole nitrogens is 1. The van der Waals surface area contributed by atoms with Gasteiger partial charge in [-0.2, -0.15) is 5.10 Å². The zero-order valence-electron chi connectivity index (χ0n) is 16.8. The van der Waals surface area contributed by atoms with Crippen molar-refractivity contribution < 1.29 is 14.3 Å². The number of aromatic nitrogens is 3. The molecule has 0 spiro atoms. The summed E-state index contributed by atoms with van der Waals surface area (Å²) in [6.45, 7) is 4.62. The van der Waals surface area contributed by atoms with Crippen LogP contribution in [0.2, 0.25) is 0 Å². The van der Waals surface area contributed by atoms with E-state index in [9.17, 15) is 9.59 Å². The van der Waals surface area contributed by atoms with E-state index in [0.717, 1.165) is 11.1 Å². The van der Waals surface area contributed by atoms with Gasteiger partial charge >= 0.3 is 0 Å². The van der Waals surface area contributed by atoms with Gasteiger partial charge in [-0.25, -0.2) is 0 Å². The molecule has 0 bridgehead atoms. The van der Waals surface area contributed by atoms with Crippen LogP contribution in [0.4, 0.5) is 5.69 Å². The number of hydrogen-bond donors (Lipinski definition) is 3. The van der Waals surface area contributed by atoms with E-state index in [0.29, 0.717) is 35.2 Å². The Labute approximate surface area is 179 Å². The normalized spacial score (nSPS) is 10.6. The molecule has 3 rings (SSSR count). The molecule has 8 nitrogen and oxygen atoms in total. The number of anilines is 1. The molecule has 2 amide bonds. The van der Waals surface area contributed by atoms with Gasteiger partial charge in [0.15, 0.2) is 10.6 Å². The number of ether oxygens (including phenoxy) is 1. The Hall–Kier alpha value is -3.46. The number of aryl methyl sites for hydroxylation is 1. The molecule has 0 saturated carbocycles. The van der Waals surface area contributed by atoms with E-state index in [1.165, 1.54) is 6.07 Å². The van der Waals surface area contributed by atoms with Gasteiger partial charge in [0.25, 0.3) is 5.91 Å². The van der Waals surface area contributed by atoms with Gasteiger partial charge in [0, 0.05) is 18.5 Å². The minimum Gasteiger partial charge on any atom is -0.494 e. The Bertz CT molecular complexity index is 1140. The molecule has 0 fully saturated rings. The van der Waals surface area contributed by atoms with Crippen molar-refractivity contribution in [2.75, 3.05) is 11.9 Å². The molecule has 0 aliphatic carbocycles. The number of nitrogens with zero attached hydrogens (tertiary/aromatic N) is 2. The lowest BCUT2D eigenvalue weighted by Gasteiger charge is -2.12. The first kappa shape index (κ1) is 21.3. The van der Waals surface area contributed by atoms with Gasteiger partial charge in [0.2, 0.25) is 5.91 Å². The highest BCUT2D eigenvalue weighted by Gasteiger charge is 2.14. The van der Waals surface area contributed by atoms with Gasteiger partial charge in [-0.1, -0.05) is 23.8 Å². The summed E-state index contributed by atoms with van der Waals surface area (Å²) in [6.07, 6.45) is 0.137. The largest absolute Gasteiger partial charge is 0.494 e. The number of primary amides is 1. The zero-order valence-corrected chi connectivity index (χ0v) is 17.6. The van der Waals surface area contributed by atoms with Crippen LogP contribution in [-0.4, -0.2) is 33.2 Å². The first-order chi connectivity index (χ1) is 14.4. The number of benzene rings is 2. The molecule has 9 heteroatoms. The fraction of sp³-hybridized carbons (Fsp3) is 0.238. The number of hydrogen-bond acceptors (Lipinski definition) is 5. The molecule has 30 heavy (non-hydrogen) atoms. The van der Waals surface area contributed by atoms with Gasteiger partial charge in [0.05, 0.1) is 17.9 Å². The number of aromatic amines is 1. The van der Waals surface area contributed by atoms with E-state index < -0.39 is 5.91 Å². The van der Waals surface area contributed by atoms with Crippen molar-refractivity contribution in [3.63, 3.8) is 0 Å². The van der Waals surface area contributed by atoms with E-state index in [-0.39, 0.29) is 17.9 Å². The van der Waals surface area contributed by atoms with Gasteiger partial charge in [-0.15, -0.1) is 0 Å². The molecule has 0 saturated heterocycles. The van der Waals surface area contributed by atoms with Crippen LogP contribution in [0.15, 0.2) is 42.5 Å². The molecule has 3 aromatic rings. The van der Waals surface area contributed by atoms with Crippen LogP contribution in [0.25, 0.3) is 11.4 Å². The maximum absolute atomic E-state index is 12.5. The Morgan fingerprint density at radius 1 is 1.27 bits per heavy atom. The number of carbonyl (C=O) groups excluding carboxylic acids is 2. The lowest BCUT2D eigenvalue weighted by Crippen LogP contribution is -2.19. The number of nitrogens with two attached hydrogens (primary N) is 1. The minimum absolute atomic E-state index is 0.137. The molecule has 0 unspecified atom stereocenters. The van der Waals surface area contributed by atoms with E-state index >= 15 is 0 Å². The van der Waals surface area contributed by atoms with Gasteiger partial charge in [-0.3, -0.25) is 19.3 Å². The number of rotatable bonds is 8. The van der Waals surface area contributed by atoms with Crippen molar-refractivity contribution >= 4 is 29.7 Å². The van der Waals surface area contributed by atoms with E-state index in [4.69, 9.17) is 22.7 Å². The third-order valence-electron chi connectivity index (χ3n) is 4.44. The predicted octanol–water partition coefficient (Wildman–Crippen LogP) is 3.44. The van der Waals surface area contributed by atoms with Crippen LogP contribution in [0, 0.1) is 11.7 Å². The number of nitrogens with one attached hydrogen (secondary N) is 2. The quantitative estimate of drug-likeness (QED) is 0.478. The lowest BCUT2D eigenvalue weighted by molar-refractivity contribution is -0.116. The maximum Gasteiger partial charge on any atom is 0.250 e.